The second kappa shape index (κ2) is 10.6. The van der Waals surface area contributed by atoms with Gasteiger partial charge in [0.2, 0.25) is 5.78 Å². The summed E-state index contributed by atoms with van der Waals surface area (Å²) >= 11 is 0. The Labute approximate surface area is 234 Å². The Morgan fingerprint density at radius 1 is 1.07 bits per heavy atom. The van der Waals surface area contributed by atoms with Crippen LogP contribution >= 0.6 is 0 Å². The molecule has 0 unspecified atom stereocenters. The highest BCUT2D eigenvalue weighted by Crippen LogP contribution is 2.53. The van der Waals surface area contributed by atoms with Gasteiger partial charge in [-0.25, -0.2) is 0 Å². The van der Waals surface area contributed by atoms with Crippen LogP contribution in [-0.4, -0.2) is 86.5 Å². The number of primary amides is 1. The molecule has 1 aromatic carbocycles. The number of nitrogens with zero attached hydrogens (tertiary/aromatic N) is 2. The molecule has 10 nitrogen and oxygen atoms in total. The summed E-state index contributed by atoms with van der Waals surface area (Å²) in [6, 6.07) is 2.22. The van der Waals surface area contributed by atoms with Crippen LogP contribution in [0, 0.1) is 23.7 Å². The van der Waals surface area contributed by atoms with Crippen molar-refractivity contribution in [1.82, 2.24) is 9.80 Å². The van der Waals surface area contributed by atoms with E-state index in [2.05, 4.69) is 32.6 Å². The summed E-state index contributed by atoms with van der Waals surface area (Å²) in [5.41, 5.74) is 3.54. The standard InChI is InChI=1S/C30H41N3O7/c1-14(2)11-33(12-15(3)4)13-16-7-8-20(34)22-18(16)9-17-10-19-24(32(5)6)26(36)23(29(31)39)28(38)30(19,40)27(37)21(17)25(22)35/h7-8,14-15,17,19,24,34-35,38,40H,9-13H2,1-6H3,(H2,31,39)/t17-,19-,24-,30-/m0/s1. The minimum Gasteiger partial charge on any atom is -0.508 e. The fraction of sp³-hybridized carbons (Fsp3) is 0.567. The second-order valence-electron chi connectivity index (χ2n) is 12.5. The number of hydrogen-bond acceptors (Lipinski definition) is 9. The van der Waals surface area contributed by atoms with Crippen molar-refractivity contribution in [1.29, 1.82) is 0 Å². The Balaban J connectivity index is 1.87. The maximum absolute atomic E-state index is 14.0. The number of hydrogen-bond donors (Lipinski definition) is 5. The van der Waals surface area contributed by atoms with Gasteiger partial charge < -0.3 is 26.2 Å². The largest absolute Gasteiger partial charge is 0.508 e. The molecule has 10 heteroatoms. The van der Waals surface area contributed by atoms with Crippen LogP contribution in [0.25, 0.3) is 5.76 Å². The molecule has 0 heterocycles. The van der Waals surface area contributed by atoms with Gasteiger partial charge in [0.25, 0.3) is 5.91 Å². The highest BCUT2D eigenvalue weighted by atomic mass is 16.3. The molecule has 0 bridgehead atoms. The third-order valence-electron chi connectivity index (χ3n) is 8.34. The van der Waals surface area contributed by atoms with Gasteiger partial charge in [0.15, 0.2) is 11.4 Å². The Morgan fingerprint density at radius 2 is 1.68 bits per heavy atom. The van der Waals surface area contributed by atoms with Gasteiger partial charge in [0, 0.05) is 31.1 Å². The lowest BCUT2D eigenvalue weighted by atomic mass is 9.57. The van der Waals surface area contributed by atoms with Crippen molar-refractivity contribution in [3.05, 3.63) is 45.7 Å². The van der Waals surface area contributed by atoms with Gasteiger partial charge in [-0.1, -0.05) is 33.8 Å². The van der Waals surface area contributed by atoms with Gasteiger partial charge in [-0.15, -0.1) is 0 Å². The zero-order chi connectivity index (χ0) is 29.8. The molecule has 4 atom stereocenters. The first-order chi connectivity index (χ1) is 18.6. The number of aliphatic hydroxyl groups excluding tert-OH is 2. The smallest absolute Gasteiger partial charge is 0.255 e. The van der Waals surface area contributed by atoms with Crippen LogP contribution in [-0.2, 0) is 27.3 Å². The Morgan fingerprint density at radius 3 is 2.20 bits per heavy atom. The monoisotopic (exact) mass is 555 g/mol. The fourth-order valence-electron chi connectivity index (χ4n) is 6.93. The predicted octanol–water partition coefficient (Wildman–Crippen LogP) is 2.08. The third kappa shape index (κ3) is 4.71. The SMILES string of the molecule is CC(C)CN(Cc1ccc(O)c2c1C[C@H]1C[C@H]3[C@H](N(C)C)C(=O)C(C(N)=O)=C(O)[C@@]3(O)C(=O)C1=C2O)CC(C)C. The Hall–Kier alpha value is -3.21. The summed E-state index contributed by atoms with van der Waals surface area (Å²) in [5.74, 6) is -5.59. The van der Waals surface area contributed by atoms with E-state index in [-0.39, 0.29) is 29.7 Å². The topological polar surface area (TPSA) is 165 Å². The van der Waals surface area contributed by atoms with E-state index < -0.39 is 58.0 Å². The first-order valence-electron chi connectivity index (χ1n) is 13.8. The van der Waals surface area contributed by atoms with Gasteiger partial charge in [-0.3, -0.25) is 24.2 Å². The van der Waals surface area contributed by atoms with Crippen LogP contribution in [0.3, 0.4) is 0 Å². The number of aromatic hydroxyl groups is 1. The quantitative estimate of drug-likeness (QED) is 0.302. The van der Waals surface area contributed by atoms with Crippen molar-refractivity contribution < 1.29 is 34.8 Å². The molecular weight excluding hydrogens is 514 g/mol. The van der Waals surface area contributed by atoms with Gasteiger partial charge in [-0.2, -0.15) is 0 Å². The van der Waals surface area contributed by atoms with Crippen LogP contribution in [0.15, 0.2) is 29.0 Å². The number of fused-ring (bicyclic) bond motifs is 3. The zero-order valence-corrected chi connectivity index (χ0v) is 24.1. The fourth-order valence-corrected chi connectivity index (χ4v) is 6.93. The number of phenolic OH excluding ortho intramolecular Hbond substituents is 1. The van der Waals surface area contributed by atoms with Crippen LogP contribution < -0.4 is 5.73 Å². The first kappa shape index (κ1) is 29.8. The number of nitrogens with two attached hydrogens (primary N) is 1. The number of Topliss-reactive ketones (excluding diaryl/α,β-unsaturated/α-hetero) is 2. The van der Waals surface area contributed by atoms with E-state index in [1.165, 1.54) is 11.0 Å². The van der Waals surface area contributed by atoms with E-state index in [1.807, 2.05) is 6.07 Å². The lowest BCUT2D eigenvalue weighted by Crippen LogP contribution is -2.65. The number of rotatable bonds is 8. The van der Waals surface area contributed by atoms with Crippen molar-refractivity contribution in [2.45, 2.75) is 58.7 Å². The van der Waals surface area contributed by atoms with E-state index in [0.717, 1.165) is 18.7 Å². The predicted molar refractivity (Wildman–Crippen MR) is 149 cm³/mol. The van der Waals surface area contributed by atoms with Gasteiger partial charge in [-0.05, 0) is 61.9 Å². The lowest BCUT2D eigenvalue weighted by molar-refractivity contribution is -0.153. The summed E-state index contributed by atoms with van der Waals surface area (Å²) in [4.78, 5) is 43.2. The lowest BCUT2D eigenvalue weighted by Gasteiger charge is -2.50. The van der Waals surface area contributed by atoms with Gasteiger partial charge in [0.1, 0.15) is 22.8 Å². The molecular formula is C30H41N3O7. The van der Waals surface area contributed by atoms with Crippen molar-refractivity contribution in [3.63, 3.8) is 0 Å². The minimum atomic E-state index is -2.64. The highest BCUT2D eigenvalue weighted by Gasteiger charge is 2.64. The molecule has 4 rings (SSSR count). The molecule has 1 saturated carbocycles. The molecule has 1 fully saturated rings. The van der Waals surface area contributed by atoms with Gasteiger partial charge in [0.05, 0.1) is 11.6 Å². The summed E-state index contributed by atoms with van der Waals surface area (Å²) in [7, 11) is 3.17. The number of benzene rings is 1. The summed E-state index contributed by atoms with van der Waals surface area (Å²) < 4.78 is 0. The molecule has 0 radical (unpaired) electrons. The highest BCUT2D eigenvalue weighted by molar-refractivity contribution is 6.24. The number of carbonyl (C=O) groups is 3. The Bertz CT molecular complexity index is 1300. The van der Waals surface area contributed by atoms with E-state index >= 15 is 0 Å². The molecule has 3 aliphatic carbocycles. The Kier molecular flexibility index (Phi) is 7.92. The molecule has 3 aliphatic rings. The molecule has 0 aromatic heterocycles. The van der Waals surface area contributed by atoms with Crippen molar-refractivity contribution >= 4 is 23.2 Å². The average Bonchev–Trinajstić information content (AvgIpc) is 2.81. The summed E-state index contributed by atoms with van der Waals surface area (Å²) in [6.45, 7) is 10.9. The number of amides is 1. The van der Waals surface area contributed by atoms with Crippen molar-refractivity contribution in [2.75, 3.05) is 27.2 Å². The zero-order valence-electron chi connectivity index (χ0n) is 24.1. The van der Waals surface area contributed by atoms with Crippen molar-refractivity contribution in [3.8, 4) is 5.75 Å². The maximum Gasteiger partial charge on any atom is 0.255 e. The van der Waals surface area contributed by atoms with E-state index in [9.17, 15) is 34.8 Å². The molecule has 0 aliphatic heterocycles. The van der Waals surface area contributed by atoms with Crippen LogP contribution in [0.4, 0.5) is 0 Å². The number of phenols is 1. The molecule has 40 heavy (non-hydrogen) atoms. The maximum atomic E-state index is 14.0. The molecule has 0 saturated heterocycles. The molecule has 218 valence electrons. The summed E-state index contributed by atoms with van der Waals surface area (Å²) in [5, 5.41) is 45.0. The number of aliphatic hydroxyl groups is 3. The minimum absolute atomic E-state index is 0.0720. The summed E-state index contributed by atoms with van der Waals surface area (Å²) in [6.07, 6.45) is 0.359. The third-order valence-corrected chi connectivity index (χ3v) is 8.34. The normalized spacial score (nSPS) is 26.6. The van der Waals surface area contributed by atoms with Gasteiger partial charge >= 0.3 is 0 Å². The van der Waals surface area contributed by atoms with Crippen LogP contribution in [0.2, 0.25) is 0 Å². The van der Waals surface area contributed by atoms with Crippen LogP contribution in [0.1, 0.15) is 50.8 Å². The van der Waals surface area contributed by atoms with E-state index in [1.54, 1.807) is 14.1 Å². The average molecular weight is 556 g/mol. The van der Waals surface area contributed by atoms with E-state index in [4.69, 9.17) is 5.73 Å². The van der Waals surface area contributed by atoms with Crippen molar-refractivity contribution in [2.24, 2.45) is 29.4 Å². The molecule has 0 spiro atoms. The number of likely N-dealkylation sites (N-methyl/N-ethyl adjacent to an activating group) is 1. The second-order valence-corrected chi connectivity index (χ2v) is 12.5. The number of carbonyl (C=O) groups excluding carboxylic acids is 3. The first-order valence-corrected chi connectivity index (χ1v) is 13.8. The molecule has 6 N–H and O–H groups in total. The van der Waals surface area contributed by atoms with E-state index in [0.29, 0.717) is 23.9 Å². The van der Waals surface area contributed by atoms with Crippen LogP contribution in [0.5, 0.6) is 5.75 Å². The molecule has 1 aromatic rings. The molecule has 1 amide bonds. The number of ketones is 2.